The molecule has 1 atom stereocenters. The molecule has 1 rings (SSSR count). The van der Waals surface area contributed by atoms with Crippen LogP contribution in [0.4, 0.5) is 0 Å². The van der Waals surface area contributed by atoms with Crippen molar-refractivity contribution < 1.29 is 13.9 Å². The second-order valence-corrected chi connectivity index (χ2v) is 3.50. The van der Waals surface area contributed by atoms with Crippen molar-refractivity contribution >= 4 is 5.97 Å². The van der Waals surface area contributed by atoms with E-state index in [9.17, 15) is 4.79 Å². The summed E-state index contributed by atoms with van der Waals surface area (Å²) in [7, 11) is 0. The van der Waals surface area contributed by atoms with Gasteiger partial charge in [-0.25, -0.2) is 0 Å². The molecule has 1 aromatic heterocycles. The summed E-state index contributed by atoms with van der Waals surface area (Å²) in [4.78, 5) is 11.5. The first kappa shape index (κ1) is 12.8. The van der Waals surface area contributed by atoms with Crippen molar-refractivity contribution in [1.29, 1.82) is 0 Å². The highest BCUT2D eigenvalue weighted by molar-refractivity contribution is 5.75. The molecule has 1 unspecified atom stereocenters. The van der Waals surface area contributed by atoms with Gasteiger partial charge in [0.15, 0.2) is 0 Å². The molecule has 0 aliphatic carbocycles. The number of furan rings is 1. The van der Waals surface area contributed by atoms with E-state index in [0.29, 0.717) is 13.2 Å². The van der Waals surface area contributed by atoms with Crippen LogP contribution in [0.15, 0.2) is 22.8 Å². The van der Waals surface area contributed by atoms with Gasteiger partial charge in [-0.2, -0.15) is 0 Å². The molecule has 0 spiro atoms. The van der Waals surface area contributed by atoms with E-state index in [4.69, 9.17) is 9.15 Å². The minimum atomic E-state index is -0.213. The molecule has 1 N–H and O–H groups in total. The Balaban J connectivity index is 2.26. The fourth-order valence-electron chi connectivity index (χ4n) is 1.46. The van der Waals surface area contributed by atoms with E-state index >= 15 is 0 Å². The standard InChI is InChI=1S/C12H19NO3/c1-3-11(12(14)15-4-2)13-8-7-10-6-5-9-16-10/h5-6,9,11,13H,3-4,7-8H2,1-2H3. The number of rotatable bonds is 7. The second kappa shape index (κ2) is 7.06. The molecule has 4 nitrogen and oxygen atoms in total. The highest BCUT2D eigenvalue weighted by Gasteiger charge is 2.16. The highest BCUT2D eigenvalue weighted by Crippen LogP contribution is 2.01. The van der Waals surface area contributed by atoms with Crippen molar-refractivity contribution in [3.63, 3.8) is 0 Å². The first-order valence-corrected chi connectivity index (χ1v) is 5.70. The summed E-state index contributed by atoms with van der Waals surface area (Å²) in [5, 5.41) is 3.16. The molecule has 0 amide bonds. The average Bonchev–Trinajstić information content (AvgIpc) is 2.77. The lowest BCUT2D eigenvalue weighted by atomic mass is 10.2. The normalized spacial score (nSPS) is 12.4. The number of carbonyl (C=O) groups is 1. The van der Waals surface area contributed by atoms with E-state index in [1.807, 2.05) is 26.0 Å². The maximum Gasteiger partial charge on any atom is 0.323 e. The van der Waals surface area contributed by atoms with Crippen molar-refractivity contribution in [2.24, 2.45) is 0 Å². The maximum absolute atomic E-state index is 11.5. The molecule has 0 aliphatic heterocycles. The number of ether oxygens (including phenoxy) is 1. The van der Waals surface area contributed by atoms with Gasteiger partial charge in [-0.1, -0.05) is 6.92 Å². The van der Waals surface area contributed by atoms with E-state index < -0.39 is 0 Å². The molecule has 1 heterocycles. The topological polar surface area (TPSA) is 51.5 Å². The SMILES string of the molecule is CCOC(=O)C(CC)NCCc1ccco1. The predicted molar refractivity (Wildman–Crippen MR) is 61.1 cm³/mol. The maximum atomic E-state index is 11.5. The lowest BCUT2D eigenvalue weighted by Gasteiger charge is -2.14. The summed E-state index contributed by atoms with van der Waals surface area (Å²) < 4.78 is 10.2. The van der Waals surface area contributed by atoms with Crippen LogP contribution >= 0.6 is 0 Å². The molecule has 0 saturated heterocycles. The van der Waals surface area contributed by atoms with Gasteiger partial charge < -0.3 is 14.5 Å². The van der Waals surface area contributed by atoms with Gasteiger partial charge in [0.2, 0.25) is 0 Å². The monoisotopic (exact) mass is 225 g/mol. The van der Waals surface area contributed by atoms with Gasteiger partial charge in [0.1, 0.15) is 11.8 Å². The van der Waals surface area contributed by atoms with Crippen molar-refractivity contribution in [3.05, 3.63) is 24.2 Å². The minimum absolute atomic E-state index is 0.176. The van der Waals surface area contributed by atoms with Crippen LogP contribution in [0.2, 0.25) is 0 Å². The second-order valence-electron chi connectivity index (χ2n) is 3.50. The zero-order valence-electron chi connectivity index (χ0n) is 9.86. The van der Waals surface area contributed by atoms with Crippen molar-refractivity contribution in [3.8, 4) is 0 Å². The highest BCUT2D eigenvalue weighted by atomic mass is 16.5. The number of esters is 1. The van der Waals surface area contributed by atoms with Gasteiger partial charge in [0.05, 0.1) is 12.9 Å². The molecular weight excluding hydrogens is 206 g/mol. The molecule has 0 aromatic carbocycles. The van der Waals surface area contributed by atoms with Crippen molar-refractivity contribution in [2.45, 2.75) is 32.7 Å². The Bertz CT molecular complexity index is 295. The van der Waals surface area contributed by atoms with Gasteiger partial charge in [-0.15, -0.1) is 0 Å². The number of hydrogen-bond acceptors (Lipinski definition) is 4. The van der Waals surface area contributed by atoms with Crippen LogP contribution in [0.25, 0.3) is 0 Å². The summed E-state index contributed by atoms with van der Waals surface area (Å²) in [6.07, 6.45) is 3.16. The third kappa shape index (κ3) is 4.06. The molecule has 16 heavy (non-hydrogen) atoms. The lowest BCUT2D eigenvalue weighted by molar-refractivity contribution is -0.145. The molecule has 0 aliphatic rings. The Labute approximate surface area is 96.0 Å². The van der Waals surface area contributed by atoms with E-state index in [1.165, 1.54) is 0 Å². The van der Waals surface area contributed by atoms with Crippen LogP contribution in [0.1, 0.15) is 26.0 Å². The largest absolute Gasteiger partial charge is 0.469 e. The first-order chi connectivity index (χ1) is 7.77. The van der Waals surface area contributed by atoms with Gasteiger partial charge in [0.25, 0.3) is 0 Å². The molecule has 0 bridgehead atoms. The van der Waals surface area contributed by atoms with E-state index in [-0.39, 0.29) is 12.0 Å². The summed E-state index contributed by atoms with van der Waals surface area (Å²) in [6.45, 7) is 4.91. The third-order valence-electron chi connectivity index (χ3n) is 2.32. The Morgan fingerprint density at radius 2 is 2.38 bits per heavy atom. The van der Waals surface area contributed by atoms with Crippen LogP contribution in [-0.2, 0) is 16.0 Å². The summed E-state index contributed by atoms with van der Waals surface area (Å²) in [5.74, 6) is 0.746. The van der Waals surface area contributed by atoms with Crippen LogP contribution in [-0.4, -0.2) is 25.2 Å². The number of hydrogen-bond donors (Lipinski definition) is 1. The van der Waals surface area contributed by atoms with Crippen molar-refractivity contribution in [1.82, 2.24) is 5.32 Å². The Hall–Kier alpha value is -1.29. The Morgan fingerprint density at radius 3 is 2.94 bits per heavy atom. The van der Waals surface area contributed by atoms with E-state index in [2.05, 4.69) is 5.32 Å². The summed E-state index contributed by atoms with van der Waals surface area (Å²) >= 11 is 0. The lowest BCUT2D eigenvalue weighted by Crippen LogP contribution is -2.38. The Morgan fingerprint density at radius 1 is 1.56 bits per heavy atom. The van der Waals surface area contributed by atoms with Gasteiger partial charge in [-0.3, -0.25) is 4.79 Å². The molecule has 4 heteroatoms. The van der Waals surface area contributed by atoms with E-state index in [1.54, 1.807) is 6.26 Å². The minimum Gasteiger partial charge on any atom is -0.469 e. The fourth-order valence-corrected chi connectivity index (χ4v) is 1.46. The van der Waals surface area contributed by atoms with Crippen LogP contribution in [0, 0.1) is 0 Å². The van der Waals surface area contributed by atoms with Crippen LogP contribution in [0.3, 0.4) is 0 Å². The third-order valence-corrected chi connectivity index (χ3v) is 2.32. The molecule has 90 valence electrons. The number of nitrogens with one attached hydrogen (secondary N) is 1. The molecular formula is C12H19NO3. The number of carbonyl (C=O) groups excluding carboxylic acids is 1. The molecule has 0 saturated carbocycles. The van der Waals surface area contributed by atoms with Gasteiger partial charge in [-0.05, 0) is 25.5 Å². The quantitative estimate of drug-likeness (QED) is 0.718. The summed E-state index contributed by atoms with van der Waals surface area (Å²) in [6, 6.07) is 3.57. The summed E-state index contributed by atoms with van der Waals surface area (Å²) in [5.41, 5.74) is 0. The molecule has 1 aromatic rings. The molecule has 0 fully saturated rings. The van der Waals surface area contributed by atoms with Gasteiger partial charge >= 0.3 is 5.97 Å². The average molecular weight is 225 g/mol. The van der Waals surface area contributed by atoms with Crippen LogP contribution in [0.5, 0.6) is 0 Å². The first-order valence-electron chi connectivity index (χ1n) is 5.70. The molecule has 0 radical (unpaired) electrons. The Kier molecular flexibility index (Phi) is 5.64. The van der Waals surface area contributed by atoms with Crippen LogP contribution < -0.4 is 5.32 Å². The fraction of sp³-hybridized carbons (Fsp3) is 0.583. The predicted octanol–water partition coefficient (Wildman–Crippen LogP) is 1.75. The van der Waals surface area contributed by atoms with Crippen molar-refractivity contribution in [2.75, 3.05) is 13.2 Å². The van der Waals surface area contributed by atoms with E-state index in [0.717, 1.165) is 18.6 Å². The smallest absolute Gasteiger partial charge is 0.323 e. The zero-order chi connectivity index (χ0) is 11.8. The zero-order valence-corrected chi connectivity index (χ0v) is 9.86. The van der Waals surface area contributed by atoms with Gasteiger partial charge in [0, 0.05) is 13.0 Å².